The van der Waals surface area contributed by atoms with Gasteiger partial charge in [0.25, 0.3) is 0 Å². The summed E-state index contributed by atoms with van der Waals surface area (Å²) in [6, 6.07) is 7.93. The summed E-state index contributed by atoms with van der Waals surface area (Å²) in [6.07, 6.45) is -0.864. The molecule has 0 aliphatic rings. The normalized spacial score (nSPS) is 12.6. The lowest BCUT2D eigenvalue weighted by molar-refractivity contribution is 0.0782. The highest BCUT2D eigenvalue weighted by Crippen LogP contribution is 2.22. The fourth-order valence-corrected chi connectivity index (χ4v) is 1.90. The third kappa shape index (κ3) is 2.98. The van der Waals surface area contributed by atoms with Crippen LogP contribution in [0, 0.1) is 6.92 Å². The van der Waals surface area contributed by atoms with Crippen molar-refractivity contribution in [2.75, 3.05) is 6.61 Å². The van der Waals surface area contributed by atoms with Crippen molar-refractivity contribution in [3.63, 3.8) is 0 Å². The van der Waals surface area contributed by atoms with Gasteiger partial charge in [0.1, 0.15) is 5.69 Å². The molecule has 0 fully saturated rings. The van der Waals surface area contributed by atoms with Gasteiger partial charge in [-0.15, -0.1) is 5.10 Å². The molecule has 4 N–H and O–H groups in total. The van der Waals surface area contributed by atoms with Gasteiger partial charge >= 0.3 is 0 Å². The van der Waals surface area contributed by atoms with Gasteiger partial charge in [-0.2, -0.15) is 0 Å². The van der Waals surface area contributed by atoms with Crippen molar-refractivity contribution in [2.24, 2.45) is 5.73 Å². The van der Waals surface area contributed by atoms with E-state index in [0.29, 0.717) is 5.69 Å². The Hall–Kier alpha value is -1.76. The van der Waals surface area contributed by atoms with E-state index in [4.69, 9.17) is 10.8 Å². The zero-order valence-electron chi connectivity index (χ0n) is 10.8. The van der Waals surface area contributed by atoms with Crippen LogP contribution in [-0.2, 0) is 13.1 Å². The standard InChI is InChI=1S/C13H18N4O2/c1-9-2-4-10(5-3-9)13-12(6-14)15-16-17(13)7-11(19)8-18/h2-5,11,18-19H,6-8,14H2,1H3. The maximum atomic E-state index is 9.54. The second kappa shape index (κ2) is 5.92. The van der Waals surface area contributed by atoms with Crippen molar-refractivity contribution in [2.45, 2.75) is 26.1 Å². The van der Waals surface area contributed by atoms with Gasteiger partial charge in [-0.3, -0.25) is 0 Å². The molecule has 0 saturated heterocycles. The number of nitrogens with zero attached hydrogens (tertiary/aromatic N) is 3. The van der Waals surface area contributed by atoms with Crippen LogP contribution in [-0.4, -0.2) is 37.9 Å². The predicted octanol–water partition coefficient (Wildman–Crippen LogP) is 0.0654. The molecule has 6 heteroatoms. The molecule has 0 spiro atoms. The van der Waals surface area contributed by atoms with E-state index in [0.717, 1.165) is 16.8 Å². The highest BCUT2D eigenvalue weighted by molar-refractivity contribution is 5.62. The summed E-state index contributed by atoms with van der Waals surface area (Å²) >= 11 is 0. The van der Waals surface area contributed by atoms with Gasteiger partial charge in [0, 0.05) is 12.1 Å². The Kier molecular flexibility index (Phi) is 4.26. The van der Waals surface area contributed by atoms with Crippen LogP contribution >= 0.6 is 0 Å². The first-order valence-electron chi connectivity index (χ1n) is 6.14. The smallest absolute Gasteiger partial charge is 0.104 e. The molecule has 0 bridgehead atoms. The van der Waals surface area contributed by atoms with Crippen molar-refractivity contribution in [3.8, 4) is 11.3 Å². The Morgan fingerprint density at radius 1 is 1.32 bits per heavy atom. The zero-order chi connectivity index (χ0) is 13.8. The Morgan fingerprint density at radius 2 is 2.00 bits per heavy atom. The van der Waals surface area contributed by atoms with Crippen molar-refractivity contribution in [3.05, 3.63) is 35.5 Å². The molecule has 1 aromatic carbocycles. The summed E-state index contributed by atoms with van der Waals surface area (Å²) in [4.78, 5) is 0. The molecule has 1 heterocycles. The highest BCUT2D eigenvalue weighted by Gasteiger charge is 2.16. The molecule has 1 unspecified atom stereocenters. The van der Waals surface area contributed by atoms with E-state index in [2.05, 4.69) is 10.3 Å². The van der Waals surface area contributed by atoms with E-state index in [-0.39, 0.29) is 19.7 Å². The fourth-order valence-electron chi connectivity index (χ4n) is 1.90. The molecule has 2 rings (SSSR count). The number of hydrogen-bond acceptors (Lipinski definition) is 5. The Balaban J connectivity index is 2.41. The minimum absolute atomic E-state index is 0.187. The first-order chi connectivity index (χ1) is 9.15. The van der Waals surface area contributed by atoms with Crippen LogP contribution in [0.15, 0.2) is 24.3 Å². The number of rotatable bonds is 5. The third-order valence-corrected chi connectivity index (χ3v) is 2.92. The molecule has 0 saturated carbocycles. The van der Waals surface area contributed by atoms with Crippen LogP contribution in [0.25, 0.3) is 11.3 Å². The molecule has 19 heavy (non-hydrogen) atoms. The second-order valence-electron chi connectivity index (χ2n) is 4.47. The summed E-state index contributed by atoms with van der Waals surface area (Å²) in [5, 5.41) is 26.5. The number of aliphatic hydroxyl groups is 2. The first-order valence-corrected chi connectivity index (χ1v) is 6.14. The average molecular weight is 262 g/mol. The van der Waals surface area contributed by atoms with Crippen molar-refractivity contribution in [1.82, 2.24) is 15.0 Å². The summed E-state index contributed by atoms with van der Waals surface area (Å²) in [5.41, 5.74) is 9.23. The number of aliphatic hydroxyl groups excluding tert-OH is 2. The first kappa shape index (κ1) is 13.7. The van der Waals surface area contributed by atoms with Crippen molar-refractivity contribution >= 4 is 0 Å². The molecule has 6 nitrogen and oxygen atoms in total. The van der Waals surface area contributed by atoms with Gasteiger partial charge in [0.15, 0.2) is 0 Å². The van der Waals surface area contributed by atoms with Crippen LogP contribution in [0.2, 0.25) is 0 Å². The summed E-state index contributed by atoms with van der Waals surface area (Å²) < 4.78 is 1.58. The molecule has 1 aromatic heterocycles. The monoisotopic (exact) mass is 262 g/mol. The lowest BCUT2D eigenvalue weighted by Gasteiger charge is -2.11. The van der Waals surface area contributed by atoms with Gasteiger partial charge < -0.3 is 15.9 Å². The van der Waals surface area contributed by atoms with Gasteiger partial charge in [-0.1, -0.05) is 35.0 Å². The van der Waals surface area contributed by atoms with E-state index in [9.17, 15) is 5.11 Å². The number of benzene rings is 1. The van der Waals surface area contributed by atoms with Crippen molar-refractivity contribution in [1.29, 1.82) is 0 Å². The molecule has 0 aliphatic carbocycles. The van der Waals surface area contributed by atoms with Crippen LogP contribution in [0.3, 0.4) is 0 Å². The molecule has 102 valence electrons. The van der Waals surface area contributed by atoms with E-state index in [1.807, 2.05) is 31.2 Å². The van der Waals surface area contributed by atoms with Crippen LogP contribution in [0.4, 0.5) is 0 Å². The van der Waals surface area contributed by atoms with E-state index < -0.39 is 6.10 Å². The number of aromatic nitrogens is 3. The average Bonchev–Trinajstić information content (AvgIpc) is 2.82. The van der Waals surface area contributed by atoms with Gasteiger partial charge in [0.2, 0.25) is 0 Å². The highest BCUT2D eigenvalue weighted by atomic mass is 16.3. The third-order valence-electron chi connectivity index (χ3n) is 2.92. The number of nitrogens with two attached hydrogens (primary N) is 1. The zero-order valence-corrected chi connectivity index (χ0v) is 10.8. The Morgan fingerprint density at radius 3 is 2.58 bits per heavy atom. The van der Waals surface area contributed by atoms with Crippen LogP contribution < -0.4 is 5.73 Å². The molecule has 2 aromatic rings. The van der Waals surface area contributed by atoms with E-state index in [1.165, 1.54) is 0 Å². The molecular weight excluding hydrogens is 244 g/mol. The predicted molar refractivity (Wildman–Crippen MR) is 71.2 cm³/mol. The van der Waals surface area contributed by atoms with Crippen LogP contribution in [0.1, 0.15) is 11.3 Å². The molecule has 0 amide bonds. The fraction of sp³-hybridized carbons (Fsp3) is 0.385. The quantitative estimate of drug-likeness (QED) is 0.708. The van der Waals surface area contributed by atoms with Crippen LogP contribution in [0.5, 0.6) is 0 Å². The molecular formula is C13H18N4O2. The number of hydrogen-bond donors (Lipinski definition) is 3. The second-order valence-corrected chi connectivity index (χ2v) is 4.47. The lowest BCUT2D eigenvalue weighted by Crippen LogP contribution is -2.21. The summed E-state index contributed by atoms with van der Waals surface area (Å²) in [6.45, 7) is 2.16. The summed E-state index contributed by atoms with van der Waals surface area (Å²) in [7, 11) is 0. The van der Waals surface area contributed by atoms with Gasteiger partial charge in [0.05, 0.1) is 24.9 Å². The Labute approximate surface area is 111 Å². The van der Waals surface area contributed by atoms with E-state index >= 15 is 0 Å². The van der Waals surface area contributed by atoms with E-state index in [1.54, 1.807) is 4.68 Å². The minimum Gasteiger partial charge on any atom is -0.394 e. The molecule has 0 radical (unpaired) electrons. The molecule has 0 aliphatic heterocycles. The molecule has 1 atom stereocenters. The topological polar surface area (TPSA) is 97.2 Å². The maximum Gasteiger partial charge on any atom is 0.104 e. The SMILES string of the molecule is Cc1ccc(-c2c(CN)nnn2CC(O)CO)cc1. The minimum atomic E-state index is -0.864. The van der Waals surface area contributed by atoms with Gasteiger partial charge in [-0.25, -0.2) is 4.68 Å². The largest absolute Gasteiger partial charge is 0.394 e. The number of aryl methyl sites for hydroxylation is 1. The lowest BCUT2D eigenvalue weighted by atomic mass is 10.1. The van der Waals surface area contributed by atoms with Crippen molar-refractivity contribution < 1.29 is 10.2 Å². The summed E-state index contributed by atoms with van der Waals surface area (Å²) in [5.74, 6) is 0. The maximum absolute atomic E-state index is 9.54. The Bertz CT molecular complexity index is 536. The van der Waals surface area contributed by atoms with Gasteiger partial charge in [-0.05, 0) is 6.92 Å².